The lowest BCUT2D eigenvalue weighted by atomic mass is 10.1. The summed E-state index contributed by atoms with van der Waals surface area (Å²) in [6, 6.07) is 10.9. The normalized spacial score (nSPS) is 13.4. The van der Waals surface area contributed by atoms with Crippen molar-refractivity contribution in [3.8, 4) is 5.69 Å². The molecule has 0 aliphatic carbocycles. The molecule has 1 aromatic heterocycles. The Morgan fingerprint density at radius 2 is 1.62 bits per heavy atom. The monoisotopic (exact) mass is 450 g/mol. The van der Waals surface area contributed by atoms with Gasteiger partial charge < -0.3 is 14.4 Å². The van der Waals surface area contributed by atoms with Gasteiger partial charge in [0, 0.05) is 16.9 Å². The van der Waals surface area contributed by atoms with Crippen LogP contribution in [0.3, 0.4) is 0 Å². The molecule has 32 heavy (non-hydrogen) atoms. The molecule has 8 nitrogen and oxygen atoms in total. The molecule has 1 aliphatic rings. The highest BCUT2D eigenvalue weighted by Crippen LogP contribution is 2.29. The number of esters is 2. The second-order valence-electron chi connectivity index (χ2n) is 6.91. The SMILES string of the molecule is COC(=O)C1=C(C(=O)OC)N(c2ccc3nn(-c4ccc(C)c(Cl)c4)nc3c2)C=CC=C1. The molecule has 1 aliphatic heterocycles. The van der Waals surface area contributed by atoms with Gasteiger partial charge in [-0.25, -0.2) is 9.59 Å². The lowest BCUT2D eigenvalue weighted by Crippen LogP contribution is -2.26. The summed E-state index contributed by atoms with van der Waals surface area (Å²) < 4.78 is 9.78. The fourth-order valence-electron chi connectivity index (χ4n) is 3.24. The molecule has 2 aromatic carbocycles. The first-order chi connectivity index (χ1) is 15.4. The number of anilines is 1. The summed E-state index contributed by atoms with van der Waals surface area (Å²) in [6.45, 7) is 1.92. The Morgan fingerprint density at radius 1 is 0.906 bits per heavy atom. The Hall–Kier alpha value is -3.91. The number of nitrogens with zero attached hydrogens (tertiary/aromatic N) is 4. The van der Waals surface area contributed by atoms with E-state index in [-0.39, 0.29) is 11.3 Å². The van der Waals surface area contributed by atoms with Gasteiger partial charge >= 0.3 is 11.9 Å². The van der Waals surface area contributed by atoms with E-state index < -0.39 is 11.9 Å². The van der Waals surface area contributed by atoms with Gasteiger partial charge in [-0.15, -0.1) is 10.2 Å². The van der Waals surface area contributed by atoms with Crippen molar-refractivity contribution < 1.29 is 19.1 Å². The molecule has 0 radical (unpaired) electrons. The minimum Gasteiger partial charge on any atom is -0.465 e. The summed E-state index contributed by atoms with van der Waals surface area (Å²) in [5, 5.41) is 9.68. The van der Waals surface area contributed by atoms with Gasteiger partial charge in [0.15, 0.2) is 0 Å². The van der Waals surface area contributed by atoms with E-state index in [1.807, 2.05) is 19.1 Å². The first-order valence-electron chi connectivity index (χ1n) is 9.61. The number of aryl methyl sites for hydroxylation is 1. The van der Waals surface area contributed by atoms with Crippen molar-refractivity contribution in [2.75, 3.05) is 19.1 Å². The lowest BCUT2D eigenvalue weighted by molar-refractivity contribution is -0.139. The molecule has 0 unspecified atom stereocenters. The zero-order valence-electron chi connectivity index (χ0n) is 17.6. The summed E-state index contributed by atoms with van der Waals surface area (Å²) in [4.78, 5) is 28.0. The molecule has 9 heteroatoms. The predicted molar refractivity (Wildman–Crippen MR) is 120 cm³/mol. The number of allylic oxidation sites excluding steroid dienone is 2. The standard InChI is InChI=1S/C23H19ClN4O4/c1-14-7-8-16(12-18(14)24)28-25-19-10-9-15(13-20(19)26-28)27-11-5-4-6-17(22(29)31-2)21(27)23(30)32-3/h4-13H,1-3H3. The summed E-state index contributed by atoms with van der Waals surface area (Å²) in [6.07, 6.45) is 6.51. The van der Waals surface area contributed by atoms with Crippen LogP contribution in [-0.4, -0.2) is 41.2 Å². The van der Waals surface area contributed by atoms with E-state index in [4.69, 9.17) is 21.1 Å². The third-order valence-electron chi connectivity index (χ3n) is 4.92. The highest BCUT2D eigenvalue weighted by atomic mass is 35.5. The molecule has 0 spiro atoms. The Labute approximate surface area is 189 Å². The molecular weight excluding hydrogens is 432 g/mol. The number of benzene rings is 2. The van der Waals surface area contributed by atoms with Crippen LogP contribution < -0.4 is 4.90 Å². The second-order valence-corrected chi connectivity index (χ2v) is 7.32. The molecule has 0 bridgehead atoms. The highest BCUT2D eigenvalue weighted by Gasteiger charge is 2.27. The molecule has 3 aromatic rings. The van der Waals surface area contributed by atoms with E-state index in [1.54, 1.807) is 47.5 Å². The fraction of sp³-hybridized carbons (Fsp3) is 0.130. The van der Waals surface area contributed by atoms with Crippen molar-refractivity contribution in [2.24, 2.45) is 0 Å². The van der Waals surface area contributed by atoms with Crippen LogP contribution in [0.25, 0.3) is 16.7 Å². The molecule has 0 saturated carbocycles. The Bertz CT molecular complexity index is 1320. The van der Waals surface area contributed by atoms with Crippen LogP contribution in [0, 0.1) is 6.92 Å². The average molecular weight is 451 g/mol. The number of fused-ring (bicyclic) bond motifs is 1. The van der Waals surface area contributed by atoms with Crippen molar-refractivity contribution >= 4 is 40.3 Å². The first-order valence-corrected chi connectivity index (χ1v) is 9.99. The molecule has 0 fully saturated rings. The smallest absolute Gasteiger partial charge is 0.355 e. The third kappa shape index (κ3) is 3.88. The first kappa shape index (κ1) is 21.3. The number of rotatable bonds is 4. The van der Waals surface area contributed by atoms with Gasteiger partial charge in [-0.2, -0.15) is 4.80 Å². The van der Waals surface area contributed by atoms with E-state index in [0.717, 1.165) is 11.3 Å². The summed E-state index contributed by atoms with van der Waals surface area (Å²) in [7, 11) is 2.50. The predicted octanol–water partition coefficient (Wildman–Crippen LogP) is 3.87. The summed E-state index contributed by atoms with van der Waals surface area (Å²) >= 11 is 6.24. The zero-order chi connectivity index (χ0) is 22.8. The molecule has 162 valence electrons. The van der Waals surface area contributed by atoms with Gasteiger partial charge in [-0.3, -0.25) is 0 Å². The van der Waals surface area contributed by atoms with E-state index in [0.29, 0.717) is 21.7 Å². The van der Waals surface area contributed by atoms with Crippen LogP contribution in [-0.2, 0) is 19.1 Å². The molecule has 2 heterocycles. The largest absolute Gasteiger partial charge is 0.465 e. The molecule has 0 atom stereocenters. The molecular formula is C23H19ClN4O4. The van der Waals surface area contributed by atoms with Gasteiger partial charge in [0.2, 0.25) is 0 Å². The Morgan fingerprint density at radius 3 is 2.34 bits per heavy atom. The molecule has 4 rings (SSSR count). The van der Waals surface area contributed by atoms with Crippen LogP contribution in [0.15, 0.2) is 72.1 Å². The number of hydrogen-bond acceptors (Lipinski definition) is 7. The fourth-order valence-corrected chi connectivity index (χ4v) is 3.41. The number of ether oxygens (including phenoxy) is 2. The quantitative estimate of drug-likeness (QED) is 0.557. The van der Waals surface area contributed by atoms with Crippen LogP contribution >= 0.6 is 11.6 Å². The number of aromatic nitrogens is 3. The van der Waals surface area contributed by atoms with Gasteiger partial charge in [0.05, 0.1) is 25.5 Å². The van der Waals surface area contributed by atoms with E-state index in [2.05, 4.69) is 10.2 Å². The highest BCUT2D eigenvalue weighted by molar-refractivity contribution is 6.31. The van der Waals surface area contributed by atoms with Crippen molar-refractivity contribution in [1.82, 2.24) is 15.0 Å². The third-order valence-corrected chi connectivity index (χ3v) is 5.32. The second kappa shape index (κ2) is 8.68. The zero-order valence-corrected chi connectivity index (χ0v) is 18.3. The van der Waals surface area contributed by atoms with Crippen LogP contribution in [0.2, 0.25) is 5.02 Å². The summed E-state index contributed by atoms with van der Waals surface area (Å²) in [5.41, 5.74) is 3.62. The van der Waals surface area contributed by atoms with Crippen molar-refractivity contribution in [3.63, 3.8) is 0 Å². The Kier molecular flexibility index (Phi) is 5.79. The number of methoxy groups -OCH3 is 2. The van der Waals surface area contributed by atoms with Gasteiger partial charge in [-0.05, 0) is 55.0 Å². The number of carbonyl (C=O) groups excluding carboxylic acids is 2. The molecule has 0 amide bonds. The topological polar surface area (TPSA) is 86.6 Å². The minimum atomic E-state index is -0.681. The molecule has 0 N–H and O–H groups in total. The van der Waals surface area contributed by atoms with Crippen molar-refractivity contribution in [1.29, 1.82) is 0 Å². The van der Waals surface area contributed by atoms with Gasteiger partial charge in [0.1, 0.15) is 16.7 Å². The minimum absolute atomic E-state index is 0.0291. The Balaban J connectivity index is 1.81. The summed E-state index contributed by atoms with van der Waals surface area (Å²) in [5.74, 6) is -1.33. The average Bonchev–Trinajstić information content (AvgIpc) is 3.10. The number of halogens is 1. The van der Waals surface area contributed by atoms with Gasteiger partial charge in [0.25, 0.3) is 0 Å². The van der Waals surface area contributed by atoms with Gasteiger partial charge in [-0.1, -0.05) is 23.7 Å². The maximum Gasteiger partial charge on any atom is 0.355 e. The lowest BCUT2D eigenvalue weighted by Gasteiger charge is -2.22. The number of carbonyl (C=O) groups is 2. The van der Waals surface area contributed by atoms with E-state index in [1.165, 1.54) is 25.1 Å². The number of hydrogen-bond donors (Lipinski definition) is 0. The van der Waals surface area contributed by atoms with Crippen LogP contribution in [0.4, 0.5) is 5.69 Å². The molecule has 0 saturated heterocycles. The van der Waals surface area contributed by atoms with Crippen molar-refractivity contribution in [3.05, 3.63) is 82.7 Å². The van der Waals surface area contributed by atoms with Crippen molar-refractivity contribution in [2.45, 2.75) is 6.92 Å². The van der Waals surface area contributed by atoms with E-state index in [9.17, 15) is 9.59 Å². The van der Waals surface area contributed by atoms with E-state index >= 15 is 0 Å². The maximum absolute atomic E-state index is 12.6. The van der Waals surface area contributed by atoms with Crippen LogP contribution in [0.1, 0.15) is 5.56 Å². The van der Waals surface area contributed by atoms with Crippen LogP contribution in [0.5, 0.6) is 0 Å². The maximum atomic E-state index is 12.6.